The fourth-order valence-corrected chi connectivity index (χ4v) is 1.04. The molecule has 48 valence electrons. The van der Waals surface area contributed by atoms with Crippen molar-refractivity contribution in [2.45, 2.75) is 19.4 Å². The second kappa shape index (κ2) is 2.46. The Morgan fingerprint density at radius 2 is 2.25 bits per heavy atom. The van der Waals surface area contributed by atoms with Crippen LogP contribution in [0.5, 0.6) is 0 Å². The van der Waals surface area contributed by atoms with Gasteiger partial charge in [0, 0.05) is 13.1 Å². The fourth-order valence-electron chi connectivity index (χ4n) is 1.04. The molecule has 0 aromatic carbocycles. The van der Waals surface area contributed by atoms with Gasteiger partial charge in [-0.1, -0.05) is 6.92 Å². The SMILES string of the molecule is CCCN1CC(O)C1. The predicted octanol–water partition coefficient (Wildman–Crippen LogP) is 0.0729. The van der Waals surface area contributed by atoms with Crippen molar-refractivity contribution in [3.05, 3.63) is 0 Å². The Kier molecular flexibility index (Phi) is 1.86. The molecule has 1 N–H and O–H groups in total. The van der Waals surface area contributed by atoms with Gasteiger partial charge in [-0.3, -0.25) is 4.90 Å². The minimum absolute atomic E-state index is 0.0263. The summed E-state index contributed by atoms with van der Waals surface area (Å²) in [6.07, 6.45) is 1.17. The summed E-state index contributed by atoms with van der Waals surface area (Å²) in [6.45, 7) is 5.10. The van der Waals surface area contributed by atoms with E-state index in [-0.39, 0.29) is 6.10 Å². The standard InChI is InChI=1S/C6H13NO/c1-2-3-7-4-6(8)5-7/h6,8H,2-5H2,1H3. The molecule has 0 aromatic heterocycles. The lowest BCUT2D eigenvalue weighted by molar-refractivity contribution is 0.00254. The molecule has 2 nitrogen and oxygen atoms in total. The lowest BCUT2D eigenvalue weighted by Gasteiger charge is -2.35. The van der Waals surface area contributed by atoms with Gasteiger partial charge in [0.05, 0.1) is 6.10 Å². The van der Waals surface area contributed by atoms with E-state index in [4.69, 9.17) is 5.11 Å². The molecule has 0 saturated carbocycles. The molecule has 0 atom stereocenters. The van der Waals surface area contributed by atoms with Gasteiger partial charge in [-0.05, 0) is 13.0 Å². The third-order valence-electron chi connectivity index (χ3n) is 1.48. The predicted molar refractivity (Wildman–Crippen MR) is 32.7 cm³/mol. The van der Waals surface area contributed by atoms with E-state index in [1.807, 2.05) is 0 Å². The number of hydrogen-bond donors (Lipinski definition) is 1. The van der Waals surface area contributed by atoms with Crippen molar-refractivity contribution in [3.8, 4) is 0 Å². The third kappa shape index (κ3) is 1.20. The van der Waals surface area contributed by atoms with Crippen LogP contribution in [0.25, 0.3) is 0 Å². The molecule has 0 bridgehead atoms. The Bertz CT molecular complexity index is 66.2. The Balaban J connectivity index is 1.98. The van der Waals surface area contributed by atoms with Gasteiger partial charge in [-0.2, -0.15) is 0 Å². The van der Waals surface area contributed by atoms with Gasteiger partial charge in [0.25, 0.3) is 0 Å². The molecule has 2 heteroatoms. The zero-order valence-corrected chi connectivity index (χ0v) is 5.30. The van der Waals surface area contributed by atoms with Crippen molar-refractivity contribution in [1.29, 1.82) is 0 Å². The van der Waals surface area contributed by atoms with Crippen LogP contribution in [0.2, 0.25) is 0 Å². The van der Waals surface area contributed by atoms with Crippen LogP contribution in [0.4, 0.5) is 0 Å². The summed E-state index contributed by atoms with van der Waals surface area (Å²) in [6, 6.07) is 0. The maximum Gasteiger partial charge on any atom is 0.0793 e. The van der Waals surface area contributed by atoms with Crippen LogP contribution in [0.15, 0.2) is 0 Å². The maximum atomic E-state index is 8.80. The van der Waals surface area contributed by atoms with E-state index in [0.717, 1.165) is 19.6 Å². The van der Waals surface area contributed by atoms with Gasteiger partial charge in [-0.15, -0.1) is 0 Å². The molecule has 1 fully saturated rings. The molecule has 1 aliphatic heterocycles. The van der Waals surface area contributed by atoms with Crippen LogP contribution < -0.4 is 0 Å². The van der Waals surface area contributed by atoms with E-state index in [2.05, 4.69) is 11.8 Å². The number of β-amino-alcohol motifs (C(OH)–C–C–N with tert-alkyl or cyclic N) is 1. The first kappa shape index (κ1) is 6.05. The monoisotopic (exact) mass is 115 g/mol. The third-order valence-corrected chi connectivity index (χ3v) is 1.48. The van der Waals surface area contributed by atoms with Crippen molar-refractivity contribution in [3.63, 3.8) is 0 Å². The Hall–Kier alpha value is -0.0800. The average Bonchev–Trinajstić information content (AvgIpc) is 1.64. The van der Waals surface area contributed by atoms with E-state index in [0.29, 0.717) is 0 Å². The Morgan fingerprint density at radius 1 is 1.62 bits per heavy atom. The summed E-state index contributed by atoms with van der Waals surface area (Å²) in [4.78, 5) is 2.25. The lowest BCUT2D eigenvalue weighted by Crippen LogP contribution is -2.50. The fraction of sp³-hybridized carbons (Fsp3) is 1.00. The molecule has 1 rings (SSSR count). The number of rotatable bonds is 2. The van der Waals surface area contributed by atoms with Gasteiger partial charge < -0.3 is 5.11 Å². The zero-order valence-electron chi connectivity index (χ0n) is 5.30. The number of aliphatic hydroxyl groups excluding tert-OH is 1. The van der Waals surface area contributed by atoms with Crippen LogP contribution in [-0.4, -0.2) is 35.7 Å². The second-order valence-corrected chi connectivity index (χ2v) is 2.41. The first-order valence-corrected chi connectivity index (χ1v) is 3.23. The van der Waals surface area contributed by atoms with Gasteiger partial charge in [0.2, 0.25) is 0 Å². The molecule has 1 saturated heterocycles. The minimum Gasteiger partial charge on any atom is -0.390 e. The van der Waals surface area contributed by atoms with E-state index < -0.39 is 0 Å². The molecule has 0 aromatic rings. The van der Waals surface area contributed by atoms with Gasteiger partial charge in [0.1, 0.15) is 0 Å². The highest BCUT2D eigenvalue weighted by Crippen LogP contribution is 2.06. The van der Waals surface area contributed by atoms with Crippen LogP contribution in [0, 0.1) is 0 Å². The highest BCUT2D eigenvalue weighted by atomic mass is 16.3. The number of likely N-dealkylation sites (tertiary alicyclic amines) is 1. The molecule has 0 amide bonds. The normalized spacial score (nSPS) is 23.2. The number of aliphatic hydroxyl groups is 1. The van der Waals surface area contributed by atoms with E-state index in [1.54, 1.807) is 0 Å². The van der Waals surface area contributed by atoms with Crippen LogP contribution in [-0.2, 0) is 0 Å². The van der Waals surface area contributed by atoms with Crippen LogP contribution >= 0.6 is 0 Å². The van der Waals surface area contributed by atoms with Crippen molar-refractivity contribution in [2.24, 2.45) is 0 Å². The summed E-state index contributed by atoms with van der Waals surface area (Å²) in [5.41, 5.74) is 0. The summed E-state index contributed by atoms with van der Waals surface area (Å²) < 4.78 is 0. The summed E-state index contributed by atoms with van der Waals surface area (Å²) in [5, 5.41) is 8.80. The zero-order chi connectivity index (χ0) is 5.98. The molecule has 0 aliphatic carbocycles. The van der Waals surface area contributed by atoms with E-state index in [9.17, 15) is 0 Å². The summed E-state index contributed by atoms with van der Waals surface area (Å²) in [7, 11) is 0. The topological polar surface area (TPSA) is 23.5 Å². The smallest absolute Gasteiger partial charge is 0.0793 e. The highest BCUT2D eigenvalue weighted by Gasteiger charge is 2.22. The van der Waals surface area contributed by atoms with Crippen molar-refractivity contribution in [2.75, 3.05) is 19.6 Å². The van der Waals surface area contributed by atoms with Gasteiger partial charge >= 0.3 is 0 Å². The molecule has 8 heavy (non-hydrogen) atoms. The molecular weight excluding hydrogens is 102 g/mol. The second-order valence-electron chi connectivity index (χ2n) is 2.41. The van der Waals surface area contributed by atoms with E-state index in [1.165, 1.54) is 6.42 Å². The van der Waals surface area contributed by atoms with Crippen molar-refractivity contribution in [1.82, 2.24) is 4.90 Å². The first-order valence-electron chi connectivity index (χ1n) is 3.23. The lowest BCUT2D eigenvalue weighted by atomic mass is 10.2. The van der Waals surface area contributed by atoms with Crippen molar-refractivity contribution >= 4 is 0 Å². The molecule has 0 unspecified atom stereocenters. The molecule has 0 spiro atoms. The number of nitrogens with zero attached hydrogens (tertiary/aromatic N) is 1. The number of hydrogen-bond acceptors (Lipinski definition) is 2. The first-order chi connectivity index (χ1) is 3.83. The van der Waals surface area contributed by atoms with Gasteiger partial charge in [0.15, 0.2) is 0 Å². The van der Waals surface area contributed by atoms with Gasteiger partial charge in [-0.25, -0.2) is 0 Å². The van der Waals surface area contributed by atoms with E-state index >= 15 is 0 Å². The van der Waals surface area contributed by atoms with Crippen LogP contribution in [0.1, 0.15) is 13.3 Å². The maximum absolute atomic E-state index is 8.80. The average molecular weight is 115 g/mol. The summed E-state index contributed by atoms with van der Waals surface area (Å²) >= 11 is 0. The largest absolute Gasteiger partial charge is 0.390 e. The summed E-state index contributed by atoms with van der Waals surface area (Å²) in [5.74, 6) is 0. The van der Waals surface area contributed by atoms with Crippen molar-refractivity contribution < 1.29 is 5.11 Å². The molecule has 0 radical (unpaired) electrons. The van der Waals surface area contributed by atoms with Crippen LogP contribution in [0.3, 0.4) is 0 Å². The Labute approximate surface area is 50.1 Å². The minimum atomic E-state index is -0.0263. The highest BCUT2D eigenvalue weighted by molar-refractivity contribution is 4.77. The molecule has 1 aliphatic rings. The Morgan fingerprint density at radius 3 is 2.62 bits per heavy atom. The quantitative estimate of drug-likeness (QED) is 0.550. The molecular formula is C6H13NO. The molecule has 1 heterocycles.